The fourth-order valence-corrected chi connectivity index (χ4v) is 2.25. The minimum absolute atomic E-state index is 0.430. The molecule has 4 heteroatoms. The van der Waals surface area contributed by atoms with Crippen molar-refractivity contribution in [2.45, 2.75) is 13.0 Å². The maximum atomic E-state index is 8.63. The number of ether oxygens (including phenoxy) is 1. The molecule has 21 heavy (non-hydrogen) atoms. The molecule has 0 aliphatic carbocycles. The molecule has 0 spiro atoms. The van der Waals surface area contributed by atoms with Gasteiger partial charge in [0.05, 0.1) is 30.7 Å². The van der Waals surface area contributed by atoms with E-state index >= 15 is 0 Å². The molecule has 0 N–H and O–H groups in total. The molecule has 0 radical (unpaired) electrons. The van der Waals surface area contributed by atoms with Crippen molar-refractivity contribution >= 4 is 10.9 Å². The van der Waals surface area contributed by atoms with E-state index < -0.39 is 0 Å². The van der Waals surface area contributed by atoms with Crippen molar-refractivity contribution in [1.29, 1.82) is 5.26 Å². The van der Waals surface area contributed by atoms with Crippen LogP contribution in [0.4, 0.5) is 0 Å². The first-order valence-electron chi connectivity index (χ1n) is 6.86. The van der Waals surface area contributed by atoms with Crippen molar-refractivity contribution in [3.8, 4) is 11.8 Å². The number of benzene rings is 2. The first-order valence-corrected chi connectivity index (χ1v) is 6.86. The van der Waals surface area contributed by atoms with Gasteiger partial charge < -0.3 is 4.74 Å². The van der Waals surface area contributed by atoms with E-state index in [-0.39, 0.29) is 0 Å². The molecule has 0 amide bonds. The van der Waals surface area contributed by atoms with E-state index in [2.05, 4.69) is 17.2 Å². The molecular formula is C17H15N3O. The van der Waals surface area contributed by atoms with Gasteiger partial charge in [0.1, 0.15) is 12.4 Å². The molecule has 3 rings (SSSR count). The van der Waals surface area contributed by atoms with Gasteiger partial charge in [0.25, 0.3) is 0 Å². The number of nitriles is 1. The number of rotatable bonds is 5. The molecule has 0 aliphatic rings. The average Bonchev–Trinajstić information content (AvgIpc) is 2.93. The Morgan fingerprint density at radius 1 is 1.10 bits per heavy atom. The summed E-state index contributed by atoms with van der Waals surface area (Å²) in [5.41, 5.74) is 2.12. The minimum atomic E-state index is 0.430. The van der Waals surface area contributed by atoms with Gasteiger partial charge in [0.15, 0.2) is 0 Å². The normalized spacial score (nSPS) is 10.4. The third-order valence-electron chi connectivity index (χ3n) is 3.33. The van der Waals surface area contributed by atoms with Gasteiger partial charge in [-0.25, -0.2) is 0 Å². The lowest BCUT2D eigenvalue weighted by molar-refractivity contribution is 0.293. The first-order chi connectivity index (χ1) is 10.4. The predicted octanol–water partition coefficient (Wildman–Crippen LogP) is 3.18. The van der Waals surface area contributed by atoms with E-state index in [1.165, 1.54) is 0 Å². The Kier molecular flexibility index (Phi) is 3.83. The Bertz CT molecular complexity index is 769. The fourth-order valence-electron chi connectivity index (χ4n) is 2.25. The van der Waals surface area contributed by atoms with Gasteiger partial charge in [-0.2, -0.15) is 10.4 Å². The summed E-state index contributed by atoms with van der Waals surface area (Å²) in [6.07, 6.45) is 2.30. The summed E-state index contributed by atoms with van der Waals surface area (Å²) in [5.74, 6) is 0.813. The molecule has 104 valence electrons. The average molecular weight is 277 g/mol. The molecule has 2 aromatic carbocycles. The Morgan fingerprint density at radius 3 is 2.71 bits per heavy atom. The standard InChI is InChI=1S/C17H15N3O/c18-10-9-14-5-7-16(8-6-14)21-12-11-20-17-4-2-1-3-15(17)13-19-20/h1-8,13H,9,11-12H2. The zero-order valence-electron chi connectivity index (χ0n) is 11.6. The lowest BCUT2D eigenvalue weighted by atomic mass is 10.2. The molecule has 0 unspecified atom stereocenters. The predicted molar refractivity (Wildman–Crippen MR) is 81.0 cm³/mol. The first kappa shape index (κ1) is 13.2. The van der Waals surface area contributed by atoms with E-state index in [4.69, 9.17) is 10.00 Å². The Balaban J connectivity index is 1.60. The van der Waals surface area contributed by atoms with Gasteiger partial charge in [-0.15, -0.1) is 0 Å². The molecule has 1 heterocycles. The third-order valence-corrected chi connectivity index (χ3v) is 3.33. The van der Waals surface area contributed by atoms with Gasteiger partial charge in [0, 0.05) is 5.39 Å². The number of aromatic nitrogens is 2. The number of hydrogen-bond donors (Lipinski definition) is 0. The molecule has 0 bridgehead atoms. The maximum absolute atomic E-state index is 8.63. The largest absolute Gasteiger partial charge is 0.492 e. The SMILES string of the molecule is N#CCc1ccc(OCCn2ncc3ccccc32)cc1. The number of hydrogen-bond acceptors (Lipinski definition) is 3. The fraction of sp³-hybridized carbons (Fsp3) is 0.176. The van der Waals surface area contributed by atoms with Crippen LogP contribution in [0.25, 0.3) is 10.9 Å². The lowest BCUT2D eigenvalue weighted by Gasteiger charge is -2.07. The Labute approximate surface area is 123 Å². The van der Waals surface area contributed by atoms with Crippen LogP contribution in [0.1, 0.15) is 5.56 Å². The number of nitrogens with zero attached hydrogens (tertiary/aromatic N) is 3. The summed E-state index contributed by atoms with van der Waals surface area (Å²) in [6.45, 7) is 1.26. The lowest BCUT2D eigenvalue weighted by Crippen LogP contribution is -2.09. The summed E-state index contributed by atoms with van der Waals surface area (Å²) < 4.78 is 7.66. The van der Waals surface area contributed by atoms with E-state index in [0.717, 1.165) is 22.2 Å². The summed E-state index contributed by atoms with van der Waals surface area (Å²) >= 11 is 0. The molecule has 0 saturated carbocycles. The van der Waals surface area contributed by atoms with Gasteiger partial charge in [-0.3, -0.25) is 4.68 Å². The van der Waals surface area contributed by atoms with Crippen LogP contribution >= 0.6 is 0 Å². The van der Waals surface area contributed by atoms with Crippen molar-refractivity contribution in [2.75, 3.05) is 6.61 Å². The van der Waals surface area contributed by atoms with Crippen LogP contribution in [0.15, 0.2) is 54.7 Å². The van der Waals surface area contributed by atoms with Crippen LogP contribution in [0.2, 0.25) is 0 Å². The van der Waals surface area contributed by atoms with E-state index in [1.54, 1.807) is 0 Å². The van der Waals surface area contributed by atoms with Crippen molar-refractivity contribution in [3.05, 3.63) is 60.3 Å². The second kappa shape index (κ2) is 6.10. The molecule has 4 nitrogen and oxygen atoms in total. The molecule has 0 saturated heterocycles. The molecular weight excluding hydrogens is 262 g/mol. The molecule has 0 fully saturated rings. The van der Waals surface area contributed by atoms with Crippen molar-refractivity contribution in [1.82, 2.24) is 9.78 Å². The van der Waals surface area contributed by atoms with Crippen molar-refractivity contribution in [2.24, 2.45) is 0 Å². The van der Waals surface area contributed by atoms with Gasteiger partial charge in [-0.05, 0) is 23.8 Å². The number of para-hydroxylation sites is 1. The third kappa shape index (κ3) is 3.03. The highest BCUT2D eigenvalue weighted by Crippen LogP contribution is 2.14. The van der Waals surface area contributed by atoms with Crippen LogP contribution in [0.5, 0.6) is 5.75 Å². The van der Waals surface area contributed by atoms with E-state index in [9.17, 15) is 0 Å². The minimum Gasteiger partial charge on any atom is -0.492 e. The maximum Gasteiger partial charge on any atom is 0.119 e. The summed E-state index contributed by atoms with van der Waals surface area (Å²) in [5, 5.41) is 14.1. The van der Waals surface area contributed by atoms with Crippen LogP contribution in [0.3, 0.4) is 0 Å². The molecule has 3 aromatic rings. The molecule has 0 aliphatic heterocycles. The zero-order chi connectivity index (χ0) is 14.5. The number of fused-ring (bicyclic) bond motifs is 1. The summed E-state index contributed by atoms with van der Waals surface area (Å²) in [7, 11) is 0. The van der Waals surface area contributed by atoms with Gasteiger partial charge in [0.2, 0.25) is 0 Å². The second-order valence-electron chi connectivity index (χ2n) is 4.75. The van der Waals surface area contributed by atoms with Crippen LogP contribution in [0, 0.1) is 11.3 Å². The zero-order valence-corrected chi connectivity index (χ0v) is 11.6. The Hall–Kier alpha value is -2.80. The van der Waals surface area contributed by atoms with E-state index in [0.29, 0.717) is 19.6 Å². The Morgan fingerprint density at radius 2 is 1.90 bits per heavy atom. The topological polar surface area (TPSA) is 50.8 Å². The monoisotopic (exact) mass is 277 g/mol. The van der Waals surface area contributed by atoms with Crippen molar-refractivity contribution < 1.29 is 4.74 Å². The highest BCUT2D eigenvalue weighted by molar-refractivity contribution is 5.78. The molecule has 1 aromatic heterocycles. The van der Waals surface area contributed by atoms with Gasteiger partial charge >= 0.3 is 0 Å². The summed E-state index contributed by atoms with van der Waals surface area (Å²) in [6, 6.07) is 17.9. The van der Waals surface area contributed by atoms with Crippen LogP contribution < -0.4 is 4.74 Å². The van der Waals surface area contributed by atoms with Crippen LogP contribution in [-0.2, 0) is 13.0 Å². The molecule has 0 atom stereocenters. The summed E-state index contributed by atoms with van der Waals surface area (Å²) in [4.78, 5) is 0. The second-order valence-corrected chi connectivity index (χ2v) is 4.75. The van der Waals surface area contributed by atoms with Gasteiger partial charge in [-0.1, -0.05) is 30.3 Å². The smallest absolute Gasteiger partial charge is 0.119 e. The van der Waals surface area contributed by atoms with Crippen LogP contribution in [-0.4, -0.2) is 16.4 Å². The highest BCUT2D eigenvalue weighted by Gasteiger charge is 2.01. The quantitative estimate of drug-likeness (QED) is 0.719. The van der Waals surface area contributed by atoms with E-state index in [1.807, 2.05) is 53.3 Å². The van der Waals surface area contributed by atoms with Crippen molar-refractivity contribution in [3.63, 3.8) is 0 Å². The highest BCUT2D eigenvalue weighted by atomic mass is 16.5.